The highest BCUT2D eigenvalue weighted by atomic mass is 19.4. The molecule has 2 amide bonds. The Morgan fingerprint density at radius 2 is 1.86 bits per heavy atom. The van der Waals surface area contributed by atoms with Crippen LogP contribution in [0, 0.1) is 19.8 Å². The van der Waals surface area contributed by atoms with E-state index in [0.29, 0.717) is 19.4 Å². The second kappa shape index (κ2) is 8.27. The Kier molecular flexibility index (Phi) is 5.96. The lowest BCUT2D eigenvalue weighted by Crippen LogP contribution is -2.43. The molecule has 1 saturated heterocycles. The summed E-state index contributed by atoms with van der Waals surface area (Å²) >= 11 is 0. The highest BCUT2D eigenvalue weighted by Gasteiger charge is 2.33. The SMILES string of the molecule is Cc1ccc(NC(=O)[C@@H]2CCCN(C(=O)c3cccc(C(F)(F)F)c3)C2)c(C)c1. The minimum absolute atomic E-state index is 0.0183. The van der Waals surface area contributed by atoms with Crippen LogP contribution >= 0.6 is 0 Å². The number of alkyl halides is 3. The van der Waals surface area contributed by atoms with Gasteiger partial charge in [0.15, 0.2) is 0 Å². The fourth-order valence-electron chi connectivity index (χ4n) is 3.58. The molecule has 1 aliphatic rings. The number of aryl methyl sites for hydroxylation is 2. The maximum Gasteiger partial charge on any atom is 0.416 e. The van der Waals surface area contributed by atoms with Crippen LogP contribution in [0.25, 0.3) is 0 Å². The molecule has 1 fully saturated rings. The van der Waals surface area contributed by atoms with Crippen molar-refractivity contribution in [3.63, 3.8) is 0 Å². The number of hydrogen-bond donors (Lipinski definition) is 1. The third-order valence-electron chi connectivity index (χ3n) is 5.16. The summed E-state index contributed by atoms with van der Waals surface area (Å²) in [7, 11) is 0. The molecule has 1 aliphatic heterocycles. The maximum absolute atomic E-state index is 12.9. The summed E-state index contributed by atoms with van der Waals surface area (Å²) in [5.41, 5.74) is 1.89. The minimum atomic E-state index is -4.51. The van der Waals surface area contributed by atoms with Crippen LogP contribution in [0.3, 0.4) is 0 Å². The number of nitrogens with one attached hydrogen (secondary N) is 1. The monoisotopic (exact) mass is 404 g/mol. The van der Waals surface area contributed by atoms with Crippen molar-refractivity contribution in [2.75, 3.05) is 18.4 Å². The van der Waals surface area contributed by atoms with E-state index < -0.39 is 23.6 Å². The summed E-state index contributed by atoms with van der Waals surface area (Å²) in [6.07, 6.45) is -3.26. The Hall–Kier alpha value is -2.83. The molecule has 0 saturated carbocycles. The van der Waals surface area contributed by atoms with Gasteiger partial charge in [-0.25, -0.2) is 0 Å². The van der Waals surface area contributed by atoms with E-state index in [4.69, 9.17) is 0 Å². The molecule has 1 heterocycles. The molecule has 154 valence electrons. The Morgan fingerprint density at radius 1 is 1.10 bits per heavy atom. The fraction of sp³-hybridized carbons (Fsp3) is 0.364. The molecule has 1 N–H and O–H groups in total. The Morgan fingerprint density at radius 3 is 2.55 bits per heavy atom. The molecule has 4 nitrogen and oxygen atoms in total. The molecule has 0 radical (unpaired) electrons. The van der Waals surface area contributed by atoms with Crippen molar-refractivity contribution in [1.82, 2.24) is 4.90 Å². The fourth-order valence-corrected chi connectivity index (χ4v) is 3.58. The molecular weight excluding hydrogens is 381 g/mol. The third-order valence-corrected chi connectivity index (χ3v) is 5.16. The standard InChI is InChI=1S/C22H23F3N2O2/c1-14-8-9-19(15(2)11-14)26-20(28)17-6-4-10-27(13-17)21(29)16-5-3-7-18(12-16)22(23,24)25/h3,5,7-9,11-12,17H,4,6,10,13H2,1-2H3,(H,26,28)/t17-/m1/s1. The third kappa shape index (κ3) is 4.96. The van der Waals surface area contributed by atoms with Gasteiger partial charge in [0.1, 0.15) is 0 Å². The van der Waals surface area contributed by atoms with E-state index in [9.17, 15) is 22.8 Å². The summed E-state index contributed by atoms with van der Waals surface area (Å²) in [6, 6.07) is 10.1. The van der Waals surface area contributed by atoms with E-state index in [1.807, 2.05) is 32.0 Å². The molecular formula is C22H23F3N2O2. The van der Waals surface area contributed by atoms with Gasteiger partial charge in [0.05, 0.1) is 11.5 Å². The van der Waals surface area contributed by atoms with E-state index in [2.05, 4.69) is 5.32 Å². The molecule has 0 bridgehead atoms. The van der Waals surface area contributed by atoms with Crippen LogP contribution in [0.1, 0.15) is 39.9 Å². The quantitative estimate of drug-likeness (QED) is 0.798. The van der Waals surface area contributed by atoms with Crippen molar-refractivity contribution < 1.29 is 22.8 Å². The topological polar surface area (TPSA) is 49.4 Å². The van der Waals surface area contributed by atoms with Gasteiger partial charge in [-0.15, -0.1) is 0 Å². The molecule has 0 aromatic heterocycles. The molecule has 0 spiro atoms. The van der Waals surface area contributed by atoms with Crippen molar-refractivity contribution in [2.24, 2.45) is 5.92 Å². The number of halogens is 3. The number of likely N-dealkylation sites (tertiary alicyclic amines) is 1. The molecule has 0 aliphatic carbocycles. The minimum Gasteiger partial charge on any atom is -0.338 e. The summed E-state index contributed by atoms with van der Waals surface area (Å²) in [4.78, 5) is 26.9. The number of amides is 2. The van der Waals surface area contributed by atoms with Gasteiger partial charge < -0.3 is 10.2 Å². The first-order chi connectivity index (χ1) is 13.6. The largest absolute Gasteiger partial charge is 0.416 e. The highest BCUT2D eigenvalue weighted by Crippen LogP contribution is 2.30. The smallest absolute Gasteiger partial charge is 0.338 e. The Bertz CT molecular complexity index is 925. The number of hydrogen-bond acceptors (Lipinski definition) is 2. The first-order valence-corrected chi connectivity index (χ1v) is 9.50. The number of nitrogens with zero attached hydrogens (tertiary/aromatic N) is 1. The molecule has 3 rings (SSSR count). The number of carbonyl (C=O) groups excluding carboxylic acids is 2. The van der Waals surface area contributed by atoms with Crippen molar-refractivity contribution in [2.45, 2.75) is 32.9 Å². The van der Waals surface area contributed by atoms with E-state index in [1.165, 1.54) is 17.0 Å². The predicted molar refractivity (Wildman–Crippen MR) is 105 cm³/mol. The zero-order chi connectivity index (χ0) is 21.2. The van der Waals surface area contributed by atoms with Gasteiger partial charge in [-0.1, -0.05) is 23.8 Å². The summed E-state index contributed by atoms with van der Waals surface area (Å²) < 4.78 is 38.8. The lowest BCUT2D eigenvalue weighted by molar-refractivity contribution is -0.137. The number of piperidine rings is 1. The van der Waals surface area contributed by atoms with Crippen LogP contribution in [0.4, 0.5) is 18.9 Å². The van der Waals surface area contributed by atoms with E-state index in [-0.39, 0.29) is 18.0 Å². The van der Waals surface area contributed by atoms with Crippen molar-refractivity contribution >= 4 is 17.5 Å². The molecule has 1 atom stereocenters. The molecule has 29 heavy (non-hydrogen) atoms. The van der Waals surface area contributed by atoms with E-state index >= 15 is 0 Å². The van der Waals surface area contributed by atoms with Gasteiger partial charge in [-0.3, -0.25) is 9.59 Å². The van der Waals surface area contributed by atoms with Crippen LogP contribution in [0.15, 0.2) is 42.5 Å². The molecule has 0 unspecified atom stereocenters. The summed E-state index contributed by atoms with van der Waals surface area (Å²) in [5.74, 6) is -1.07. The first-order valence-electron chi connectivity index (χ1n) is 9.50. The number of carbonyl (C=O) groups is 2. The van der Waals surface area contributed by atoms with Crippen LogP contribution in [0.2, 0.25) is 0 Å². The van der Waals surface area contributed by atoms with Gasteiger partial charge in [-0.2, -0.15) is 13.2 Å². The number of benzene rings is 2. The zero-order valence-corrected chi connectivity index (χ0v) is 16.3. The Labute approximate surface area is 167 Å². The van der Waals surface area contributed by atoms with Crippen LogP contribution < -0.4 is 5.32 Å². The normalized spacial score (nSPS) is 17.1. The second-order valence-corrected chi connectivity index (χ2v) is 7.48. The van der Waals surface area contributed by atoms with Crippen molar-refractivity contribution in [3.8, 4) is 0 Å². The highest BCUT2D eigenvalue weighted by molar-refractivity contribution is 5.96. The molecule has 7 heteroatoms. The summed E-state index contributed by atoms with van der Waals surface area (Å²) in [6.45, 7) is 4.48. The maximum atomic E-state index is 12.9. The Balaban J connectivity index is 1.70. The van der Waals surface area contributed by atoms with E-state index in [0.717, 1.165) is 28.9 Å². The van der Waals surface area contributed by atoms with Gasteiger partial charge in [0.25, 0.3) is 5.91 Å². The number of rotatable bonds is 3. The average molecular weight is 404 g/mol. The molecule has 2 aromatic rings. The van der Waals surface area contributed by atoms with Crippen LogP contribution in [-0.2, 0) is 11.0 Å². The molecule has 2 aromatic carbocycles. The van der Waals surface area contributed by atoms with Crippen LogP contribution in [0.5, 0.6) is 0 Å². The van der Waals surface area contributed by atoms with Crippen molar-refractivity contribution in [3.05, 3.63) is 64.7 Å². The average Bonchev–Trinajstić information content (AvgIpc) is 2.69. The lowest BCUT2D eigenvalue weighted by atomic mass is 9.96. The zero-order valence-electron chi connectivity index (χ0n) is 16.3. The van der Waals surface area contributed by atoms with Crippen LogP contribution in [-0.4, -0.2) is 29.8 Å². The van der Waals surface area contributed by atoms with E-state index in [1.54, 1.807) is 0 Å². The number of anilines is 1. The van der Waals surface area contributed by atoms with Gasteiger partial charge >= 0.3 is 6.18 Å². The van der Waals surface area contributed by atoms with Gasteiger partial charge in [0, 0.05) is 24.3 Å². The van der Waals surface area contributed by atoms with Gasteiger partial charge in [-0.05, 0) is 56.5 Å². The predicted octanol–water partition coefficient (Wildman–Crippen LogP) is 4.81. The van der Waals surface area contributed by atoms with Crippen molar-refractivity contribution in [1.29, 1.82) is 0 Å². The second-order valence-electron chi connectivity index (χ2n) is 7.48. The first kappa shape index (κ1) is 20.9. The van der Waals surface area contributed by atoms with Gasteiger partial charge in [0.2, 0.25) is 5.91 Å². The lowest BCUT2D eigenvalue weighted by Gasteiger charge is -2.32. The summed E-state index contributed by atoms with van der Waals surface area (Å²) in [5, 5.41) is 2.91.